The molecule has 0 bridgehead atoms. The first-order valence-electron chi connectivity index (χ1n) is 5.47. The normalized spacial score (nSPS) is 10.4. The Balaban J connectivity index is 2.51. The van der Waals surface area contributed by atoms with Crippen molar-refractivity contribution >= 4 is 51.6 Å². The Bertz CT molecular complexity index is 689. The van der Waals surface area contributed by atoms with Crippen LogP contribution in [0.3, 0.4) is 0 Å². The summed E-state index contributed by atoms with van der Waals surface area (Å²) in [7, 11) is 1.46. The second-order valence-electron chi connectivity index (χ2n) is 3.92. The number of hydrogen-bond acceptors (Lipinski definition) is 2. The SMILES string of the molecule is COc1cc(Cl)c(C(=O)c2ccc(F)cc2I)cc1Cl. The summed E-state index contributed by atoms with van der Waals surface area (Å²) in [6.45, 7) is 0. The molecule has 0 saturated heterocycles. The first-order valence-corrected chi connectivity index (χ1v) is 7.30. The van der Waals surface area contributed by atoms with Crippen LogP contribution < -0.4 is 4.74 Å². The van der Waals surface area contributed by atoms with Gasteiger partial charge >= 0.3 is 0 Å². The Kier molecular flexibility index (Phi) is 4.88. The zero-order valence-corrected chi connectivity index (χ0v) is 13.9. The molecule has 20 heavy (non-hydrogen) atoms. The van der Waals surface area contributed by atoms with Crippen LogP contribution >= 0.6 is 45.8 Å². The van der Waals surface area contributed by atoms with Crippen molar-refractivity contribution in [3.05, 3.63) is 60.9 Å². The summed E-state index contributed by atoms with van der Waals surface area (Å²) < 4.78 is 18.6. The van der Waals surface area contributed by atoms with Crippen LogP contribution in [0.25, 0.3) is 0 Å². The quantitative estimate of drug-likeness (QED) is 0.513. The molecule has 0 amide bonds. The highest BCUT2D eigenvalue weighted by molar-refractivity contribution is 14.1. The van der Waals surface area contributed by atoms with E-state index < -0.39 is 5.82 Å². The van der Waals surface area contributed by atoms with E-state index in [1.54, 1.807) is 0 Å². The van der Waals surface area contributed by atoms with Crippen LogP contribution in [0, 0.1) is 9.39 Å². The minimum absolute atomic E-state index is 0.233. The van der Waals surface area contributed by atoms with Gasteiger partial charge in [0, 0.05) is 20.8 Å². The fraction of sp³-hybridized carbons (Fsp3) is 0.0714. The van der Waals surface area contributed by atoms with Gasteiger partial charge in [0.25, 0.3) is 0 Å². The topological polar surface area (TPSA) is 26.3 Å². The van der Waals surface area contributed by atoms with Crippen molar-refractivity contribution in [3.63, 3.8) is 0 Å². The molecule has 0 spiro atoms. The van der Waals surface area contributed by atoms with E-state index in [0.717, 1.165) is 0 Å². The van der Waals surface area contributed by atoms with Gasteiger partial charge in [-0.05, 0) is 46.9 Å². The molecule has 104 valence electrons. The summed E-state index contributed by atoms with van der Waals surface area (Å²) in [4.78, 5) is 12.4. The molecule has 0 aromatic heterocycles. The molecule has 2 aromatic rings. The number of ether oxygens (including phenoxy) is 1. The van der Waals surface area contributed by atoms with Gasteiger partial charge in [-0.2, -0.15) is 0 Å². The first kappa shape index (κ1) is 15.5. The maximum absolute atomic E-state index is 13.1. The van der Waals surface area contributed by atoms with Gasteiger partial charge in [0.2, 0.25) is 0 Å². The van der Waals surface area contributed by atoms with Crippen LogP contribution in [0.5, 0.6) is 5.75 Å². The molecule has 0 aliphatic rings. The number of rotatable bonds is 3. The second-order valence-corrected chi connectivity index (χ2v) is 5.90. The lowest BCUT2D eigenvalue weighted by molar-refractivity contribution is 0.103. The van der Waals surface area contributed by atoms with Gasteiger partial charge in [0.1, 0.15) is 11.6 Å². The van der Waals surface area contributed by atoms with Gasteiger partial charge in [0.15, 0.2) is 5.78 Å². The number of methoxy groups -OCH3 is 1. The van der Waals surface area contributed by atoms with Gasteiger partial charge in [-0.1, -0.05) is 23.2 Å². The van der Waals surface area contributed by atoms with E-state index in [1.807, 2.05) is 22.6 Å². The van der Waals surface area contributed by atoms with E-state index in [4.69, 9.17) is 27.9 Å². The van der Waals surface area contributed by atoms with E-state index >= 15 is 0 Å². The van der Waals surface area contributed by atoms with Crippen LogP contribution in [0.1, 0.15) is 15.9 Å². The predicted octanol–water partition coefficient (Wildman–Crippen LogP) is 4.98. The lowest BCUT2D eigenvalue weighted by atomic mass is 10.0. The molecule has 0 saturated carbocycles. The van der Waals surface area contributed by atoms with Crippen LogP contribution in [-0.2, 0) is 0 Å². The monoisotopic (exact) mass is 424 g/mol. The molecule has 0 fully saturated rings. The summed E-state index contributed by atoms with van der Waals surface area (Å²) >= 11 is 14.0. The third-order valence-corrected chi connectivity index (χ3v) is 4.16. The zero-order chi connectivity index (χ0) is 14.9. The molecule has 0 heterocycles. The van der Waals surface area contributed by atoms with E-state index in [9.17, 15) is 9.18 Å². The number of halogens is 4. The van der Waals surface area contributed by atoms with Crippen molar-refractivity contribution in [2.24, 2.45) is 0 Å². The lowest BCUT2D eigenvalue weighted by Crippen LogP contribution is -2.05. The van der Waals surface area contributed by atoms with Gasteiger partial charge in [-0.3, -0.25) is 4.79 Å². The Hall–Kier alpha value is -0.850. The number of ketones is 1. The summed E-state index contributed by atoms with van der Waals surface area (Å²) in [6, 6.07) is 6.87. The molecule has 0 aliphatic heterocycles. The van der Waals surface area contributed by atoms with Gasteiger partial charge < -0.3 is 4.74 Å². The molecule has 2 rings (SSSR count). The minimum atomic E-state index is -0.398. The Morgan fingerprint density at radius 2 is 1.85 bits per heavy atom. The number of carbonyl (C=O) groups excluding carboxylic acids is 1. The van der Waals surface area contributed by atoms with Crippen LogP contribution in [0.4, 0.5) is 4.39 Å². The van der Waals surface area contributed by atoms with Crippen molar-refractivity contribution in [2.75, 3.05) is 7.11 Å². The smallest absolute Gasteiger partial charge is 0.195 e. The predicted molar refractivity (Wildman–Crippen MR) is 85.6 cm³/mol. The highest BCUT2D eigenvalue weighted by atomic mass is 127. The Morgan fingerprint density at radius 3 is 2.45 bits per heavy atom. The van der Waals surface area contributed by atoms with Crippen molar-refractivity contribution in [1.82, 2.24) is 0 Å². The molecule has 0 N–H and O–H groups in total. The standard InChI is InChI=1S/C14H8Cl2FIO2/c1-20-13-6-10(15)9(5-11(13)16)14(19)8-3-2-7(17)4-12(8)18/h2-6H,1H3. The molecule has 6 heteroatoms. The highest BCUT2D eigenvalue weighted by Gasteiger charge is 2.18. The molecule has 0 unspecified atom stereocenters. The third-order valence-electron chi connectivity index (χ3n) is 2.66. The van der Waals surface area contributed by atoms with E-state index in [0.29, 0.717) is 14.9 Å². The maximum Gasteiger partial charge on any atom is 0.195 e. The molecule has 0 radical (unpaired) electrons. The third kappa shape index (κ3) is 3.07. The van der Waals surface area contributed by atoms with Crippen LogP contribution in [0.15, 0.2) is 30.3 Å². The summed E-state index contributed by atoms with van der Waals surface area (Å²) in [5.41, 5.74) is 0.622. The maximum atomic E-state index is 13.1. The van der Waals surface area contributed by atoms with Crippen LogP contribution in [0.2, 0.25) is 10.0 Å². The first-order chi connectivity index (χ1) is 9.43. The fourth-order valence-electron chi connectivity index (χ4n) is 1.68. The van der Waals surface area contributed by atoms with E-state index in [1.165, 1.54) is 37.4 Å². The fourth-order valence-corrected chi connectivity index (χ4v) is 2.88. The highest BCUT2D eigenvalue weighted by Crippen LogP contribution is 2.32. The molecular formula is C14H8Cl2FIO2. The van der Waals surface area contributed by atoms with Crippen molar-refractivity contribution < 1.29 is 13.9 Å². The van der Waals surface area contributed by atoms with E-state index in [-0.39, 0.29) is 21.4 Å². The minimum Gasteiger partial charge on any atom is -0.495 e. The summed E-state index contributed by atoms with van der Waals surface area (Å²) in [5.74, 6) is -0.323. The number of hydrogen-bond donors (Lipinski definition) is 0. The second kappa shape index (κ2) is 6.28. The number of carbonyl (C=O) groups is 1. The molecule has 0 aliphatic carbocycles. The average molecular weight is 425 g/mol. The largest absolute Gasteiger partial charge is 0.495 e. The van der Waals surface area contributed by atoms with E-state index in [2.05, 4.69) is 0 Å². The van der Waals surface area contributed by atoms with Crippen LogP contribution in [-0.4, -0.2) is 12.9 Å². The summed E-state index contributed by atoms with van der Waals surface area (Å²) in [6.07, 6.45) is 0. The van der Waals surface area contributed by atoms with Gasteiger partial charge in [-0.25, -0.2) is 4.39 Å². The zero-order valence-electron chi connectivity index (χ0n) is 10.2. The Labute approximate surface area is 139 Å². The Morgan fingerprint density at radius 1 is 1.15 bits per heavy atom. The van der Waals surface area contributed by atoms with Crippen molar-refractivity contribution in [2.45, 2.75) is 0 Å². The van der Waals surface area contributed by atoms with Crippen molar-refractivity contribution in [3.8, 4) is 5.75 Å². The molecule has 2 nitrogen and oxygen atoms in total. The molecule has 0 atom stereocenters. The van der Waals surface area contributed by atoms with Crippen molar-refractivity contribution in [1.29, 1.82) is 0 Å². The molecular weight excluding hydrogens is 417 g/mol. The summed E-state index contributed by atoms with van der Waals surface area (Å²) in [5, 5.41) is 0.522. The van der Waals surface area contributed by atoms with Gasteiger partial charge in [0.05, 0.1) is 17.2 Å². The average Bonchev–Trinajstić information content (AvgIpc) is 2.40. The number of benzene rings is 2. The lowest BCUT2D eigenvalue weighted by Gasteiger charge is -2.09. The molecule has 2 aromatic carbocycles. The van der Waals surface area contributed by atoms with Gasteiger partial charge in [-0.15, -0.1) is 0 Å².